The predicted octanol–water partition coefficient (Wildman–Crippen LogP) is 1.21. The number of carbonyl (C=O) groups is 1. The number of rotatable bonds is 6. The number of hydrogen-bond acceptors (Lipinski definition) is 3. The van der Waals surface area contributed by atoms with Crippen LogP contribution >= 0.6 is 12.4 Å². The third-order valence-electron chi connectivity index (χ3n) is 2.60. The molecular formula is C13H21ClN2O2. The molecule has 0 aromatic heterocycles. The Morgan fingerprint density at radius 1 is 1.39 bits per heavy atom. The van der Waals surface area contributed by atoms with E-state index in [9.17, 15) is 9.90 Å². The number of halogens is 1. The van der Waals surface area contributed by atoms with Crippen molar-refractivity contribution in [3.8, 4) is 0 Å². The van der Waals surface area contributed by atoms with Gasteiger partial charge in [0, 0.05) is 6.54 Å². The standard InChI is InChI=1S/C13H20N2O2.ClH/c1-2-15-12(16)13(14,17)10-6-9-11-7-4-3-5-8-11;/h3-5,7-8,17H,2,6,9-10,14H2,1H3,(H,15,16);1H. The average molecular weight is 273 g/mol. The molecular weight excluding hydrogens is 252 g/mol. The summed E-state index contributed by atoms with van der Waals surface area (Å²) in [6.45, 7) is 2.26. The largest absolute Gasteiger partial charge is 0.368 e. The van der Waals surface area contributed by atoms with Crippen molar-refractivity contribution in [2.24, 2.45) is 5.73 Å². The number of likely N-dealkylation sites (N-methyl/N-ethyl adjacent to an activating group) is 1. The van der Waals surface area contributed by atoms with Gasteiger partial charge in [-0.05, 0) is 31.7 Å². The third kappa shape index (κ3) is 5.49. The van der Waals surface area contributed by atoms with Gasteiger partial charge in [0.2, 0.25) is 0 Å². The van der Waals surface area contributed by atoms with Gasteiger partial charge in [-0.3, -0.25) is 10.5 Å². The first-order valence-electron chi connectivity index (χ1n) is 5.89. The predicted molar refractivity (Wildman–Crippen MR) is 74.4 cm³/mol. The summed E-state index contributed by atoms with van der Waals surface area (Å²) in [4.78, 5) is 11.4. The van der Waals surface area contributed by atoms with Crippen LogP contribution in [0.25, 0.3) is 0 Å². The minimum absolute atomic E-state index is 0. The molecule has 5 heteroatoms. The molecule has 102 valence electrons. The summed E-state index contributed by atoms with van der Waals surface area (Å²) in [5.74, 6) is -0.506. The van der Waals surface area contributed by atoms with Gasteiger partial charge in [-0.1, -0.05) is 30.3 Å². The zero-order valence-electron chi connectivity index (χ0n) is 10.6. The molecule has 0 aliphatic rings. The van der Waals surface area contributed by atoms with Crippen LogP contribution in [0.5, 0.6) is 0 Å². The summed E-state index contributed by atoms with van der Waals surface area (Å²) < 4.78 is 0. The number of hydrogen-bond donors (Lipinski definition) is 3. The molecule has 1 aromatic carbocycles. The molecule has 0 aliphatic heterocycles. The van der Waals surface area contributed by atoms with Crippen molar-refractivity contribution in [2.45, 2.75) is 31.9 Å². The van der Waals surface area contributed by atoms with E-state index < -0.39 is 11.6 Å². The van der Waals surface area contributed by atoms with Crippen molar-refractivity contribution in [1.82, 2.24) is 5.32 Å². The Bertz CT molecular complexity index is 355. The van der Waals surface area contributed by atoms with E-state index in [0.717, 1.165) is 6.42 Å². The molecule has 1 amide bonds. The fraction of sp³-hybridized carbons (Fsp3) is 0.462. The third-order valence-corrected chi connectivity index (χ3v) is 2.60. The molecule has 0 bridgehead atoms. The molecule has 0 aliphatic carbocycles. The Kier molecular flexibility index (Phi) is 7.59. The second kappa shape index (κ2) is 8.08. The van der Waals surface area contributed by atoms with Gasteiger partial charge in [-0.2, -0.15) is 0 Å². The molecule has 0 saturated carbocycles. The van der Waals surface area contributed by atoms with Gasteiger partial charge in [0.1, 0.15) is 0 Å². The van der Waals surface area contributed by atoms with E-state index in [1.165, 1.54) is 5.56 Å². The molecule has 0 spiro atoms. The van der Waals surface area contributed by atoms with Crippen molar-refractivity contribution in [2.75, 3.05) is 6.54 Å². The lowest BCUT2D eigenvalue weighted by atomic mass is 10.0. The van der Waals surface area contributed by atoms with Gasteiger partial charge < -0.3 is 10.4 Å². The highest BCUT2D eigenvalue weighted by molar-refractivity contribution is 5.85. The molecule has 0 heterocycles. The highest BCUT2D eigenvalue weighted by atomic mass is 35.5. The molecule has 1 unspecified atom stereocenters. The number of nitrogens with two attached hydrogens (primary N) is 1. The normalized spacial score (nSPS) is 13.3. The van der Waals surface area contributed by atoms with Crippen LogP contribution in [0.2, 0.25) is 0 Å². The zero-order valence-corrected chi connectivity index (χ0v) is 11.4. The summed E-state index contributed by atoms with van der Waals surface area (Å²) >= 11 is 0. The number of nitrogens with one attached hydrogen (secondary N) is 1. The highest BCUT2D eigenvalue weighted by Crippen LogP contribution is 2.10. The number of amides is 1. The Hall–Kier alpha value is -1.10. The molecule has 4 nitrogen and oxygen atoms in total. The van der Waals surface area contributed by atoms with Gasteiger partial charge in [-0.25, -0.2) is 0 Å². The number of aryl methyl sites for hydroxylation is 1. The van der Waals surface area contributed by atoms with E-state index >= 15 is 0 Å². The summed E-state index contributed by atoms with van der Waals surface area (Å²) in [6, 6.07) is 9.92. The van der Waals surface area contributed by atoms with E-state index in [1.807, 2.05) is 30.3 Å². The van der Waals surface area contributed by atoms with E-state index in [0.29, 0.717) is 13.0 Å². The van der Waals surface area contributed by atoms with Gasteiger partial charge in [-0.15, -0.1) is 12.4 Å². The van der Waals surface area contributed by atoms with Crippen LogP contribution in [0.15, 0.2) is 30.3 Å². The first-order valence-corrected chi connectivity index (χ1v) is 5.89. The van der Waals surface area contributed by atoms with Gasteiger partial charge >= 0.3 is 0 Å². The average Bonchev–Trinajstić information content (AvgIpc) is 2.30. The molecule has 18 heavy (non-hydrogen) atoms. The molecule has 1 atom stereocenters. The maximum atomic E-state index is 11.4. The fourth-order valence-electron chi connectivity index (χ4n) is 1.63. The SMILES string of the molecule is CCNC(=O)C(N)(O)CCCc1ccccc1.Cl. The van der Waals surface area contributed by atoms with Gasteiger partial charge in [0.15, 0.2) is 5.72 Å². The number of aliphatic hydroxyl groups is 1. The van der Waals surface area contributed by atoms with Crippen LogP contribution in [0.3, 0.4) is 0 Å². The van der Waals surface area contributed by atoms with Crippen LogP contribution in [-0.2, 0) is 11.2 Å². The highest BCUT2D eigenvalue weighted by Gasteiger charge is 2.29. The molecule has 0 fully saturated rings. The van der Waals surface area contributed by atoms with Gasteiger partial charge in [0.25, 0.3) is 5.91 Å². The Balaban J connectivity index is 0.00000289. The smallest absolute Gasteiger partial charge is 0.267 e. The quantitative estimate of drug-likeness (QED) is 0.682. The van der Waals surface area contributed by atoms with Crippen LogP contribution in [0.1, 0.15) is 25.3 Å². The Morgan fingerprint density at radius 2 is 2.00 bits per heavy atom. The van der Waals surface area contributed by atoms with Crippen LogP contribution in [-0.4, -0.2) is 23.3 Å². The minimum atomic E-state index is -1.76. The monoisotopic (exact) mass is 272 g/mol. The molecule has 0 saturated heterocycles. The summed E-state index contributed by atoms with van der Waals surface area (Å²) in [5, 5.41) is 12.3. The lowest BCUT2D eigenvalue weighted by molar-refractivity contribution is -0.140. The van der Waals surface area contributed by atoms with Crippen molar-refractivity contribution in [1.29, 1.82) is 0 Å². The Labute approximate surface area is 114 Å². The maximum absolute atomic E-state index is 11.4. The Morgan fingerprint density at radius 3 is 2.56 bits per heavy atom. The summed E-state index contributed by atoms with van der Waals surface area (Å²) in [7, 11) is 0. The van der Waals surface area contributed by atoms with E-state index in [-0.39, 0.29) is 18.8 Å². The lowest BCUT2D eigenvalue weighted by Gasteiger charge is -2.21. The topological polar surface area (TPSA) is 75.4 Å². The molecule has 1 aromatic rings. The summed E-state index contributed by atoms with van der Waals surface area (Å²) in [5.41, 5.74) is 4.97. The summed E-state index contributed by atoms with van der Waals surface area (Å²) in [6.07, 6.45) is 1.74. The van der Waals surface area contributed by atoms with Gasteiger partial charge in [0.05, 0.1) is 0 Å². The van der Waals surface area contributed by atoms with Crippen molar-refractivity contribution < 1.29 is 9.90 Å². The van der Waals surface area contributed by atoms with E-state index in [2.05, 4.69) is 5.32 Å². The van der Waals surface area contributed by atoms with Crippen molar-refractivity contribution in [3.05, 3.63) is 35.9 Å². The fourth-order valence-corrected chi connectivity index (χ4v) is 1.63. The zero-order chi connectivity index (χ0) is 12.7. The minimum Gasteiger partial charge on any atom is -0.368 e. The van der Waals surface area contributed by atoms with Crippen LogP contribution in [0, 0.1) is 0 Å². The van der Waals surface area contributed by atoms with E-state index in [4.69, 9.17) is 5.73 Å². The van der Waals surface area contributed by atoms with Crippen molar-refractivity contribution in [3.63, 3.8) is 0 Å². The van der Waals surface area contributed by atoms with Crippen LogP contribution in [0.4, 0.5) is 0 Å². The second-order valence-corrected chi connectivity index (χ2v) is 4.12. The molecule has 0 radical (unpaired) electrons. The van der Waals surface area contributed by atoms with Crippen LogP contribution < -0.4 is 11.1 Å². The molecule has 4 N–H and O–H groups in total. The first kappa shape index (κ1) is 16.9. The number of carbonyl (C=O) groups excluding carboxylic acids is 1. The lowest BCUT2D eigenvalue weighted by Crippen LogP contribution is -2.53. The molecule has 1 rings (SSSR count). The number of benzene rings is 1. The maximum Gasteiger partial charge on any atom is 0.267 e. The van der Waals surface area contributed by atoms with E-state index in [1.54, 1.807) is 6.92 Å². The van der Waals surface area contributed by atoms with Crippen molar-refractivity contribution >= 4 is 18.3 Å². The first-order chi connectivity index (χ1) is 8.06. The second-order valence-electron chi connectivity index (χ2n) is 4.12.